The quantitative estimate of drug-likeness (QED) is 0.618. The Hall–Kier alpha value is -1.56. The highest BCUT2D eigenvalue weighted by molar-refractivity contribution is 5.77. The van der Waals surface area contributed by atoms with Gasteiger partial charge in [0.05, 0.1) is 5.69 Å². The zero-order chi connectivity index (χ0) is 16.1. The largest absolute Gasteiger partial charge is 0.370 e. The second-order valence-electron chi connectivity index (χ2n) is 6.17. The Morgan fingerprint density at radius 3 is 2.95 bits per heavy atom. The summed E-state index contributed by atoms with van der Waals surface area (Å²) >= 11 is 0. The van der Waals surface area contributed by atoms with Crippen molar-refractivity contribution in [3.63, 3.8) is 0 Å². The normalized spacial score (nSPS) is 21.3. The fourth-order valence-corrected chi connectivity index (χ4v) is 3.34. The first kappa shape index (κ1) is 16.8. The molecule has 1 fully saturated rings. The van der Waals surface area contributed by atoms with E-state index in [4.69, 9.17) is 10.3 Å². The minimum atomic E-state index is 0.255. The Morgan fingerprint density at radius 2 is 2.32 bits per heavy atom. The Morgan fingerprint density at radius 1 is 1.55 bits per heavy atom. The molecular formula is C16H29N5O. The molecule has 0 amide bonds. The fraction of sp³-hybridized carbons (Fsp3) is 0.750. The summed E-state index contributed by atoms with van der Waals surface area (Å²) in [5, 5.41) is 7.26. The number of hydrogen-bond acceptors (Lipinski definition) is 4. The van der Waals surface area contributed by atoms with Gasteiger partial charge in [-0.2, -0.15) is 0 Å². The van der Waals surface area contributed by atoms with Crippen LogP contribution in [0.15, 0.2) is 9.52 Å². The van der Waals surface area contributed by atoms with Crippen LogP contribution in [-0.4, -0.2) is 48.2 Å². The molecule has 2 rings (SSSR count). The maximum atomic E-state index is 6.00. The summed E-state index contributed by atoms with van der Waals surface area (Å²) < 4.78 is 5.21. The van der Waals surface area contributed by atoms with Crippen molar-refractivity contribution in [3.05, 3.63) is 17.0 Å². The molecule has 3 N–H and O–H groups in total. The Balaban J connectivity index is 1.82. The number of hydrogen-bond donors (Lipinski definition) is 2. The van der Waals surface area contributed by atoms with Crippen LogP contribution in [0.3, 0.4) is 0 Å². The first-order valence-corrected chi connectivity index (χ1v) is 8.23. The third kappa shape index (κ3) is 4.00. The van der Waals surface area contributed by atoms with E-state index in [2.05, 4.69) is 34.2 Å². The number of likely N-dealkylation sites (tertiary alicyclic amines) is 1. The third-order valence-corrected chi connectivity index (χ3v) is 4.54. The molecule has 0 bridgehead atoms. The number of nitrogens with one attached hydrogen (secondary N) is 1. The molecule has 6 nitrogen and oxygen atoms in total. The zero-order valence-electron chi connectivity index (χ0n) is 14.2. The van der Waals surface area contributed by atoms with Crippen LogP contribution in [-0.2, 0) is 0 Å². The number of likely N-dealkylation sites (N-methyl/N-ethyl adjacent to an activating group) is 1. The summed E-state index contributed by atoms with van der Waals surface area (Å²) in [6.07, 6.45) is 2.52. The molecule has 0 aromatic carbocycles. The van der Waals surface area contributed by atoms with Gasteiger partial charge in [-0.25, -0.2) is 0 Å². The van der Waals surface area contributed by atoms with Crippen LogP contribution >= 0.6 is 0 Å². The molecule has 1 saturated heterocycles. The van der Waals surface area contributed by atoms with E-state index in [0.29, 0.717) is 18.5 Å². The molecule has 6 heteroatoms. The van der Waals surface area contributed by atoms with Crippen LogP contribution in [0.25, 0.3) is 0 Å². The summed E-state index contributed by atoms with van der Waals surface area (Å²) in [6, 6.07) is 0.582. The maximum absolute atomic E-state index is 6.00. The van der Waals surface area contributed by atoms with Crippen LogP contribution in [0.2, 0.25) is 0 Å². The molecule has 0 spiro atoms. The second-order valence-corrected chi connectivity index (χ2v) is 6.17. The van der Waals surface area contributed by atoms with E-state index in [9.17, 15) is 0 Å². The SMILES string of the molecule is CCN1CCCC1CNC(N)=NCC(C)c1c(C)noc1C. The van der Waals surface area contributed by atoms with E-state index >= 15 is 0 Å². The fourth-order valence-electron chi connectivity index (χ4n) is 3.34. The summed E-state index contributed by atoms with van der Waals surface area (Å²) in [7, 11) is 0. The number of nitrogens with zero attached hydrogens (tertiary/aromatic N) is 3. The van der Waals surface area contributed by atoms with Crippen molar-refractivity contribution < 1.29 is 4.52 Å². The number of guanidine groups is 1. The zero-order valence-corrected chi connectivity index (χ0v) is 14.2. The third-order valence-electron chi connectivity index (χ3n) is 4.54. The summed E-state index contributed by atoms with van der Waals surface area (Å²) in [6.45, 7) is 12.1. The lowest BCUT2D eigenvalue weighted by Crippen LogP contribution is -2.42. The van der Waals surface area contributed by atoms with Gasteiger partial charge in [0.25, 0.3) is 0 Å². The van der Waals surface area contributed by atoms with Gasteiger partial charge in [-0.15, -0.1) is 0 Å². The monoisotopic (exact) mass is 307 g/mol. The van der Waals surface area contributed by atoms with Gasteiger partial charge in [-0.1, -0.05) is 19.0 Å². The molecular weight excluding hydrogens is 278 g/mol. The molecule has 2 heterocycles. The van der Waals surface area contributed by atoms with Crippen molar-refractivity contribution >= 4 is 5.96 Å². The van der Waals surface area contributed by atoms with Gasteiger partial charge < -0.3 is 15.6 Å². The molecule has 0 aliphatic carbocycles. The summed E-state index contributed by atoms with van der Waals surface area (Å²) in [4.78, 5) is 6.96. The highest BCUT2D eigenvalue weighted by Gasteiger charge is 2.22. The molecule has 1 aromatic rings. The highest BCUT2D eigenvalue weighted by atomic mass is 16.5. The van der Waals surface area contributed by atoms with Gasteiger partial charge in [-0.05, 0) is 39.8 Å². The lowest BCUT2D eigenvalue weighted by molar-refractivity contribution is 0.267. The van der Waals surface area contributed by atoms with Crippen molar-refractivity contribution in [1.29, 1.82) is 0 Å². The number of aryl methyl sites for hydroxylation is 2. The van der Waals surface area contributed by atoms with Gasteiger partial charge in [0, 0.05) is 30.6 Å². The minimum Gasteiger partial charge on any atom is -0.370 e. The Bertz CT molecular complexity index is 491. The van der Waals surface area contributed by atoms with Crippen LogP contribution in [0.1, 0.15) is 49.6 Å². The van der Waals surface area contributed by atoms with Gasteiger partial charge in [0.15, 0.2) is 5.96 Å². The van der Waals surface area contributed by atoms with Crippen LogP contribution in [0.4, 0.5) is 0 Å². The average Bonchev–Trinajstić information content (AvgIpc) is 3.09. The topological polar surface area (TPSA) is 79.7 Å². The molecule has 124 valence electrons. The first-order chi connectivity index (χ1) is 10.5. The van der Waals surface area contributed by atoms with Crippen molar-refractivity contribution in [2.24, 2.45) is 10.7 Å². The van der Waals surface area contributed by atoms with Gasteiger partial charge >= 0.3 is 0 Å². The molecule has 22 heavy (non-hydrogen) atoms. The van der Waals surface area contributed by atoms with E-state index in [1.807, 2.05) is 13.8 Å². The first-order valence-electron chi connectivity index (χ1n) is 8.23. The van der Waals surface area contributed by atoms with Gasteiger partial charge in [0.2, 0.25) is 0 Å². The maximum Gasteiger partial charge on any atom is 0.188 e. The van der Waals surface area contributed by atoms with Gasteiger partial charge in [-0.3, -0.25) is 9.89 Å². The van der Waals surface area contributed by atoms with Crippen LogP contribution < -0.4 is 11.1 Å². The van der Waals surface area contributed by atoms with Gasteiger partial charge in [0.1, 0.15) is 5.76 Å². The smallest absolute Gasteiger partial charge is 0.188 e. The molecule has 2 unspecified atom stereocenters. The van der Waals surface area contributed by atoms with E-state index in [1.165, 1.54) is 19.4 Å². The minimum absolute atomic E-state index is 0.255. The van der Waals surface area contributed by atoms with Crippen molar-refractivity contribution in [2.75, 3.05) is 26.2 Å². The molecule has 1 aliphatic heterocycles. The molecule has 1 aliphatic rings. The number of aromatic nitrogens is 1. The van der Waals surface area contributed by atoms with E-state index < -0.39 is 0 Å². The Labute approximate surface area is 133 Å². The number of nitrogens with two attached hydrogens (primary N) is 1. The molecule has 2 atom stereocenters. The molecule has 0 saturated carbocycles. The molecule has 0 radical (unpaired) electrons. The predicted molar refractivity (Wildman–Crippen MR) is 89.2 cm³/mol. The van der Waals surface area contributed by atoms with E-state index in [1.54, 1.807) is 0 Å². The standard InChI is InChI=1S/C16H29N5O/c1-5-21-8-6-7-14(21)10-19-16(17)18-9-11(2)15-12(3)20-22-13(15)4/h11,14H,5-10H2,1-4H3,(H3,17,18,19). The van der Waals surface area contributed by atoms with Crippen LogP contribution in [0.5, 0.6) is 0 Å². The predicted octanol–water partition coefficient (Wildman–Crippen LogP) is 1.78. The van der Waals surface area contributed by atoms with Crippen molar-refractivity contribution in [3.8, 4) is 0 Å². The average molecular weight is 307 g/mol. The number of rotatable bonds is 6. The van der Waals surface area contributed by atoms with Crippen molar-refractivity contribution in [2.45, 2.75) is 52.5 Å². The van der Waals surface area contributed by atoms with Crippen molar-refractivity contribution in [1.82, 2.24) is 15.4 Å². The Kier molecular flexibility index (Phi) is 5.83. The lowest BCUT2D eigenvalue weighted by Gasteiger charge is -2.23. The van der Waals surface area contributed by atoms with E-state index in [0.717, 1.165) is 30.1 Å². The molecule has 1 aromatic heterocycles. The number of aliphatic imine (C=N–C) groups is 1. The lowest BCUT2D eigenvalue weighted by atomic mass is 10.00. The van der Waals surface area contributed by atoms with Crippen LogP contribution in [0, 0.1) is 13.8 Å². The van der Waals surface area contributed by atoms with E-state index in [-0.39, 0.29) is 5.92 Å². The summed E-state index contributed by atoms with van der Waals surface area (Å²) in [5.41, 5.74) is 8.08. The highest BCUT2D eigenvalue weighted by Crippen LogP contribution is 2.23. The summed E-state index contributed by atoms with van der Waals surface area (Å²) in [5.74, 6) is 1.66. The second kappa shape index (κ2) is 7.63.